The van der Waals surface area contributed by atoms with Crippen LogP contribution in [0.5, 0.6) is 0 Å². The van der Waals surface area contributed by atoms with E-state index in [4.69, 9.17) is 0 Å². The first-order chi connectivity index (χ1) is 5.13. The predicted octanol–water partition coefficient (Wildman–Crippen LogP) is 1.56. The molecule has 2 nitrogen and oxygen atoms in total. The van der Waals surface area contributed by atoms with Crippen molar-refractivity contribution in [1.82, 2.24) is 4.90 Å². The van der Waals surface area contributed by atoms with Crippen LogP contribution in [0.4, 0.5) is 0 Å². The van der Waals surface area contributed by atoms with Crippen molar-refractivity contribution >= 4 is 18.5 Å². The molecule has 0 aliphatic heterocycles. The zero-order valence-electron chi connectivity index (χ0n) is 7.50. The molecule has 0 radical (unpaired) electrons. The van der Waals surface area contributed by atoms with Gasteiger partial charge in [-0.1, -0.05) is 6.92 Å². The molecule has 0 aromatic heterocycles. The number of nitrogens with zero attached hydrogens (tertiary/aromatic N) is 1. The Morgan fingerprint density at radius 1 is 1.55 bits per heavy atom. The molecule has 0 heterocycles. The summed E-state index contributed by atoms with van der Waals surface area (Å²) in [6, 6.07) is 0.301. The van der Waals surface area contributed by atoms with E-state index in [0.29, 0.717) is 12.5 Å². The Balaban J connectivity index is 3.98. The summed E-state index contributed by atoms with van der Waals surface area (Å²) in [5.41, 5.74) is 0. The summed E-state index contributed by atoms with van der Waals surface area (Å²) in [5.74, 6) is 0.957. The minimum absolute atomic E-state index is 0.217. The van der Waals surface area contributed by atoms with Crippen LogP contribution < -0.4 is 0 Å². The number of carbonyl (C=O) groups excluding carboxylic acids is 1. The molecule has 0 rings (SSSR count). The van der Waals surface area contributed by atoms with Gasteiger partial charge in [0.05, 0.1) is 0 Å². The maximum atomic E-state index is 11.2. The van der Waals surface area contributed by atoms with Gasteiger partial charge in [0.2, 0.25) is 5.91 Å². The van der Waals surface area contributed by atoms with Gasteiger partial charge in [0.15, 0.2) is 0 Å². The molecule has 1 amide bonds. The van der Waals surface area contributed by atoms with E-state index in [1.165, 1.54) is 0 Å². The average Bonchev–Trinajstić information content (AvgIpc) is 1.98. The molecule has 66 valence electrons. The normalized spacial score (nSPS) is 10.3. The second kappa shape index (κ2) is 5.47. The van der Waals surface area contributed by atoms with Crippen molar-refractivity contribution in [3.05, 3.63) is 0 Å². The van der Waals surface area contributed by atoms with Crippen molar-refractivity contribution in [2.45, 2.75) is 33.2 Å². The maximum Gasteiger partial charge on any atom is 0.222 e. The molecule has 0 atom stereocenters. The molecule has 0 fully saturated rings. The van der Waals surface area contributed by atoms with E-state index >= 15 is 0 Å². The molecular formula is C8H17NOS. The lowest BCUT2D eigenvalue weighted by atomic mass is 10.3. The highest BCUT2D eigenvalue weighted by Gasteiger charge is 2.12. The van der Waals surface area contributed by atoms with Gasteiger partial charge in [-0.15, -0.1) is 0 Å². The Bertz CT molecular complexity index is 125. The van der Waals surface area contributed by atoms with E-state index in [0.717, 1.165) is 12.3 Å². The SMILES string of the molecule is CCC(=O)N(CCS)C(C)C. The number of hydrogen-bond donors (Lipinski definition) is 1. The van der Waals surface area contributed by atoms with Crippen LogP contribution in [-0.2, 0) is 4.79 Å². The molecule has 11 heavy (non-hydrogen) atoms. The molecule has 0 aliphatic carbocycles. The summed E-state index contributed by atoms with van der Waals surface area (Å²) >= 11 is 4.09. The zero-order valence-corrected chi connectivity index (χ0v) is 8.40. The minimum Gasteiger partial charge on any atom is -0.339 e. The largest absolute Gasteiger partial charge is 0.339 e. The third kappa shape index (κ3) is 3.65. The van der Waals surface area contributed by atoms with Crippen LogP contribution in [0.25, 0.3) is 0 Å². The molecule has 3 heteroatoms. The first-order valence-corrected chi connectivity index (χ1v) is 4.67. The van der Waals surface area contributed by atoms with Crippen molar-refractivity contribution in [3.8, 4) is 0 Å². The monoisotopic (exact) mass is 175 g/mol. The van der Waals surface area contributed by atoms with Crippen molar-refractivity contribution in [1.29, 1.82) is 0 Å². The van der Waals surface area contributed by atoms with E-state index in [9.17, 15) is 4.79 Å². The highest BCUT2D eigenvalue weighted by molar-refractivity contribution is 7.80. The lowest BCUT2D eigenvalue weighted by molar-refractivity contribution is -0.132. The number of hydrogen-bond acceptors (Lipinski definition) is 2. The number of amides is 1. The second-order valence-electron chi connectivity index (χ2n) is 2.76. The maximum absolute atomic E-state index is 11.2. The van der Waals surface area contributed by atoms with Crippen LogP contribution in [-0.4, -0.2) is 29.1 Å². The first-order valence-electron chi connectivity index (χ1n) is 4.03. The molecule has 0 saturated heterocycles. The van der Waals surface area contributed by atoms with Gasteiger partial charge in [-0.3, -0.25) is 4.79 Å². The fourth-order valence-corrected chi connectivity index (χ4v) is 1.20. The Morgan fingerprint density at radius 3 is 2.36 bits per heavy atom. The molecule has 0 aliphatic rings. The second-order valence-corrected chi connectivity index (χ2v) is 3.21. The Kier molecular flexibility index (Phi) is 5.38. The van der Waals surface area contributed by atoms with E-state index < -0.39 is 0 Å². The summed E-state index contributed by atoms with van der Waals surface area (Å²) < 4.78 is 0. The van der Waals surface area contributed by atoms with Crippen molar-refractivity contribution in [2.75, 3.05) is 12.3 Å². The third-order valence-corrected chi connectivity index (χ3v) is 1.79. The first kappa shape index (κ1) is 10.8. The molecule has 0 bridgehead atoms. The lowest BCUT2D eigenvalue weighted by Gasteiger charge is -2.25. The Hall–Kier alpha value is -0.180. The fourth-order valence-electron chi connectivity index (χ4n) is 0.982. The van der Waals surface area contributed by atoms with Crippen molar-refractivity contribution in [3.63, 3.8) is 0 Å². The van der Waals surface area contributed by atoms with Gasteiger partial charge in [-0.05, 0) is 13.8 Å². The number of thiol groups is 1. The van der Waals surface area contributed by atoms with Crippen LogP contribution >= 0.6 is 12.6 Å². The van der Waals surface area contributed by atoms with Crippen LogP contribution in [0.15, 0.2) is 0 Å². The highest BCUT2D eigenvalue weighted by atomic mass is 32.1. The van der Waals surface area contributed by atoms with E-state index in [1.807, 2.05) is 25.7 Å². The van der Waals surface area contributed by atoms with Gasteiger partial charge in [-0.25, -0.2) is 0 Å². The molecular weight excluding hydrogens is 158 g/mol. The zero-order chi connectivity index (χ0) is 8.85. The predicted molar refractivity (Wildman–Crippen MR) is 51.0 cm³/mol. The molecule has 0 saturated carbocycles. The molecule has 0 N–H and O–H groups in total. The number of carbonyl (C=O) groups is 1. The summed E-state index contributed by atoms with van der Waals surface area (Å²) in [7, 11) is 0. The summed E-state index contributed by atoms with van der Waals surface area (Å²) in [5, 5.41) is 0. The smallest absolute Gasteiger partial charge is 0.222 e. The van der Waals surface area contributed by atoms with Gasteiger partial charge in [0.25, 0.3) is 0 Å². The van der Waals surface area contributed by atoms with Gasteiger partial charge < -0.3 is 4.90 Å². The molecule has 0 aromatic carbocycles. The van der Waals surface area contributed by atoms with Crippen LogP contribution in [0.2, 0.25) is 0 Å². The van der Waals surface area contributed by atoms with Gasteiger partial charge in [0.1, 0.15) is 0 Å². The summed E-state index contributed by atoms with van der Waals surface area (Å²) in [6.45, 7) is 6.69. The Labute approximate surface area is 74.4 Å². The molecule has 0 unspecified atom stereocenters. The molecule has 0 aromatic rings. The van der Waals surface area contributed by atoms with Crippen LogP contribution in [0.3, 0.4) is 0 Å². The minimum atomic E-state index is 0.217. The van der Waals surface area contributed by atoms with Crippen molar-refractivity contribution < 1.29 is 4.79 Å². The summed E-state index contributed by atoms with van der Waals surface area (Å²) in [4.78, 5) is 13.1. The quantitative estimate of drug-likeness (QED) is 0.643. The van der Waals surface area contributed by atoms with Crippen LogP contribution in [0, 0.1) is 0 Å². The third-order valence-electron chi connectivity index (χ3n) is 1.59. The summed E-state index contributed by atoms with van der Waals surface area (Å²) in [6.07, 6.45) is 0.589. The molecule has 0 spiro atoms. The van der Waals surface area contributed by atoms with Gasteiger partial charge in [-0.2, -0.15) is 12.6 Å². The van der Waals surface area contributed by atoms with Crippen LogP contribution in [0.1, 0.15) is 27.2 Å². The fraction of sp³-hybridized carbons (Fsp3) is 0.875. The number of rotatable bonds is 4. The lowest BCUT2D eigenvalue weighted by Crippen LogP contribution is -2.37. The van der Waals surface area contributed by atoms with Gasteiger partial charge in [0, 0.05) is 24.8 Å². The van der Waals surface area contributed by atoms with Crippen molar-refractivity contribution in [2.24, 2.45) is 0 Å². The van der Waals surface area contributed by atoms with Gasteiger partial charge >= 0.3 is 0 Å². The standard InChI is InChI=1S/C8H17NOS/c1-4-8(10)9(5-6-11)7(2)3/h7,11H,4-6H2,1-3H3. The van der Waals surface area contributed by atoms with E-state index in [2.05, 4.69) is 12.6 Å². The van der Waals surface area contributed by atoms with E-state index in [1.54, 1.807) is 0 Å². The topological polar surface area (TPSA) is 20.3 Å². The Morgan fingerprint density at radius 2 is 2.09 bits per heavy atom. The average molecular weight is 175 g/mol. The van der Waals surface area contributed by atoms with E-state index in [-0.39, 0.29) is 5.91 Å². The highest BCUT2D eigenvalue weighted by Crippen LogP contribution is 2.01.